The molecule has 0 aliphatic rings. The Labute approximate surface area is 104 Å². The molecule has 5 heteroatoms. The molecular formula is C11H13Cl2NO2. The van der Waals surface area contributed by atoms with Crippen molar-refractivity contribution in [1.82, 2.24) is 0 Å². The van der Waals surface area contributed by atoms with Gasteiger partial charge in [-0.3, -0.25) is 0 Å². The lowest BCUT2D eigenvalue weighted by Gasteiger charge is -2.10. The fourth-order valence-corrected chi connectivity index (χ4v) is 1.57. The Hall–Kier alpha value is -0.930. The van der Waals surface area contributed by atoms with Gasteiger partial charge in [-0.2, -0.15) is 0 Å². The molecule has 0 heterocycles. The second-order valence-electron chi connectivity index (χ2n) is 3.84. The summed E-state index contributed by atoms with van der Waals surface area (Å²) in [6, 6.07) is 2.93. The topological polar surface area (TPSA) is 52.3 Å². The molecular weight excluding hydrogens is 249 g/mol. The summed E-state index contributed by atoms with van der Waals surface area (Å²) in [4.78, 5) is 11.7. The Balaban J connectivity index is 2.91. The summed E-state index contributed by atoms with van der Waals surface area (Å²) in [5, 5.41) is 0.611. The molecule has 0 spiro atoms. The van der Waals surface area contributed by atoms with Gasteiger partial charge in [0.1, 0.15) is 0 Å². The van der Waals surface area contributed by atoms with Crippen molar-refractivity contribution in [2.45, 2.75) is 13.8 Å². The highest BCUT2D eigenvalue weighted by molar-refractivity contribution is 6.37. The fourth-order valence-electron chi connectivity index (χ4n) is 1.07. The number of esters is 1. The van der Waals surface area contributed by atoms with E-state index >= 15 is 0 Å². The van der Waals surface area contributed by atoms with E-state index < -0.39 is 5.97 Å². The molecule has 1 rings (SSSR count). The third-order valence-corrected chi connectivity index (χ3v) is 2.39. The van der Waals surface area contributed by atoms with E-state index in [1.165, 1.54) is 12.1 Å². The second-order valence-corrected chi connectivity index (χ2v) is 4.68. The molecule has 2 N–H and O–H groups in total. The zero-order valence-electron chi connectivity index (χ0n) is 9.09. The number of benzene rings is 1. The van der Waals surface area contributed by atoms with E-state index in [1.54, 1.807) is 0 Å². The van der Waals surface area contributed by atoms with Crippen LogP contribution in [0.5, 0.6) is 0 Å². The van der Waals surface area contributed by atoms with Gasteiger partial charge in [0.15, 0.2) is 0 Å². The Morgan fingerprint density at radius 2 is 2.06 bits per heavy atom. The predicted molar refractivity (Wildman–Crippen MR) is 66.0 cm³/mol. The van der Waals surface area contributed by atoms with Crippen molar-refractivity contribution in [3.63, 3.8) is 0 Å². The minimum Gasteiger partial charge on any atom is -0.462 e. The summed E-state index contributed by atoms with van der Waals surface area (Å²) >= 11 is 11.6. The average Bonchev–Trinajstić information content (AvgIpc) is 2.19. The first kappa shape index (κ1) is 13.1. The number of halogens is 2. The Kier molecular flexibility index (Phi) is 4.44. The van der Waals surface area contributed by atoms with Crippen molar-refractivity contribution in [2.24, 2.45) is 5.92 Å². The van der Waals surface area contributed by atoms with E-state index in [0.717, 1.165) is 0 Å². The summed E-state index contributed by atoms with van der Waals surface area (Å²) in [5.74, 6) is -0.240. The number of nitrogens with two attached hydrogens (primary N) is 1. The molecule has 0 bridgehead atoms. The monoisotopic (exact) mass is 261 g/mol. The summed E-state index contributed by atoms with van der Waals surface area (Å²) in [7, 11) is 0. The number of hydrogen-bond donors (Lipinski definition) is 1. The Morgan fingerprint density at radius 3 is 2.62 bits per heavy atom. The summed E-state index contributed by atoms with van der Waals surface area (Å²) in [6.45, 7) is 4.23. The van der Waals surface area contributed by atoms with E-state index in [9.17, 15) is 4.79 Å². The molecule has 1 aromatic carbocycles. The van der Waals surface area contributed by atoms with Crippen LogP contribution in [0.2, 0.25) is 10.0 Å². The second kappa shape index (κ2) is 5.41. The third-order valence-electron chi connectivity index (χ3n) is 1.86. The average molecular weight is 262 g/mol. The molecule has 0 saturated heterocycles. The molecule has 0 aliphatic carbocycles. The van der Waals surface area contributed by atoms with Crippen LogP contribution >= 0.6 is 23.2 Å². The van der Waals surface area contributed by atoms with Crippen molar-refractivity contribution < 1.29 is 9.53 Å². The van der Waals surface area contributed by atoms with Crippen molar-refractivity contribution in [2.75, 3.05) is 12.3 Å². The maximum absolute atomic E-state index is 11.7. The van der Waals surface area contributed by atoms with Crippen LogP contribution in [0.25, 0.3) is 0 Å². The molecule has 3 nitrogen and oxygen atoms in total. The van der Waals surface area contributed by atoms with Gasteiger partial charge in [-0.05, 0) is 18.1 Å². The van der Waals surface area contributed by atoms with E-state index in [1.807, 2.05) is 13.8 Å². The lowest BCUT2D eigenvalue weighted by atomic mass is 10.2. The van der Waals surface area contributed by atoms with Crippen molar-refractivity contribution in [3.05, 3.63) is 27.7 Å². The highest BCUT2D eigenvalue weighted by Gasteiger charge is 2.15. The number of anilines is 1. The minimum atomic E-state index is -0.504. The molecule has 16 heavy (non-hydrogen) atoms. The molecule has 0 fully saturated rings. The van der Waals surface area contributed by atoms with Crippen LogP contribution in [-0.4, -0.2) is 12.6 Å². The Morgan fingerprint density at radius 1 is 1.44 bits per heavy atom. The van der Waals surface area contributed by atoms with Crippen LogP contribution in [0.4, 0.5) is 5.69 Å². The van der Waals surface area contributed by atoms with E-state index in [4.69, 9.17) is 33.7 Å². The first-order valence-electron chi connectivity index (χ1n) is 4.83. The maximum Gasteiger partial charge on any atom is 0.340 e. The first-order valence-corrected chi connectivity index (χ1v) is 5.59. The van der Waals surface area contributed by atoms with Gasteiger partial charge in [-0.15, -0.1) is 0 Å². The maximum atomic E-state index is 11.7. The molecule has 0 amide bonds. The van der Waals surface area contributed by atoms with Gasteiger partial charge in [0.05, 0.1) is 22.9 Å². The first-order chi connectivity index (χ1) is 7.41. The van der Waals surface area contributed by atoms with Crippen LogP contribution < -0.4 is 5.73 Å². The quantitative estimate of drug-likeness (QED) is 0.671. The van der Waals surface area contributed by atoms with Crippen LogP contribution in [0.1, 0.15) is 24.2 Å². The van der Waals surface area contributed by atoms with Crippen LogP contribution in [0.15, 0.2) is 12.1 Å². The normalized spacial score (nSPS) is 10.6. The van der Waals surface area contributed by atoms with Gasteiger partial charge in [0.25, 0.3) is 0 Å². The van der Waals surface area contributed by atoms with Gasteiger partial charge in [0, 0.05) is 5.02 Å². The number of ether oxygens (including phenoxy) is 1. The highest BCUT2D eigenvalue weighted by atomic mass is 35.5. The molecule has 0 aliphatic heterocycles. The van der Waals surface area contributed by atoms with E-state index in [2.05, 4.69) is 0 Å². The molecule has 0 radical (unpaired) electrons. The largest absolute Gasteiger partial charge is 0.462 e. The van der Waals surface area contributed by atoms with E-state index in [0.29, 0.717) is 11.6 Å². The lowest BCUT2D eigenvalue weighted by molar-refractivity contribution is 0.0460. The molecule has 0 atom stereocenters. The highest BCUT2D eigenvalue weighted by Crippen LogP contribution is 2.28. The molecule has 88 valence electrons. The fraction of sp³-hybridized carbons (Fsp3) is 0.364. The number of carbonyl (C=O) groups excluding carboxylic acids is 1. The minimum absolute atomic E-state index is 0.194. The van der Waals surface area contributed by atoms with Crippen LogP contribution in [0.3, 0.4) is 0 Å². The van der Waals surface area contributed by atoms with Crippen molar-refractivity contribution in [1.29, 1.82) is 0 Å². The molecule has 0 saturated carbocycles. The number of nitrogen functional groups attached to an aromatic ring is 1. The lowest BCUT2D eigenvalue weighted by Crippen LogP contribution is -2.12. The van der Waals surface area contributed by atoms with Gasteiger partial charge < -0.3 is 10.5 Å². The zero-order chi connectivity index (χ0) is 12.3. The Bertz CT molecular complexity index is 405. The number of carbonyl (C=O) groups is 1. The van der Waals surface area contributed by atoms with Gasteiger partial charge >= 0.3 is 5.97 Å². The van der Waals surface area contributed by atoms with Crippen molar-refractivity contribution in [3.8, 4) is 0 Å². The molecule has 0 aromatic heterocycles. The third kappa shape index (κ3) is 3.29. The standard InChI is InChI=1S/C11H13Cl2NO2/c1-6(2)5-16-11(15)8-3-7(12)4-9(13)10(8)14/h3-4,6H,5,14H2,1-2H3. The zero-order valence-corrected chi connectivity index (χ0v) is 10.6. The predicted octanol–water partition coefficient (Wildman–Crippen LogP) is 3.39. The van der Waals surface area contributed by atoms with Crippen LogP contribution in [-0.2, 0) is 4.74 Å². The summed E-state index contributed by atoms with van der Waals surface area (Å²) < 4.78 is 5.04. The summed E-state index contributed by atoms with van der Waals surface area (Å²) in [5.41, 5.74) is 6.07. The number of rotatable bonds is 3. The smallest absolute Gasteiger partial charge is 0.340 e. The van der Waals surface area contributed by atoms with Crippen LogP contribution in [0, 0.1) is 5.92 Å². The number of hydrogen-bond acceptors (Lipinski definition) is 3. The van der Waals surface area contributed by atoms with Gasteiger partial charge in [-0.25, -0.2) is 4.79 Å². The SMILES string of the molecule is CC(C)COC(=O)c1cc(Cl)cc(Cl)c1N. The molecule has 1 aromatic rings. The summed E-state index contributed by atoms with van der Waals surface area (Å²) in [6.07, 6.45) is 0. The van der Waals surface area contributed by atoms with E-state index in [-0.39, 0.29) is 22.2 Å². The van der Waals surface area contributed by atoms with Gasteiger partial charge in [-0.1, -0.05) is 37.0 Å². The van der Waals surface area contributed by atoms with Gasteiger partial charge in [0.2, 0.25) is 0 Å². The molecule has 0 unspecified atom stereocenters. The van der Waals surface area contributed by atoms with Crippen molar-refractivity contribution >= 4 is 34.9 Å².